The Bertz CT molecular complexity index is 867. The van der Waals surface area contributed by atoms with E-state index in [1.165, 1.54) is 0 Å². The molecule has 140 valence electrons. The number of carboxylic acids is 1. The second-order valence-corrected chi connectivity index (χ2v) is 6.88. The first kappa shape index (κ1) is 18.2. The van der Waals surface area contributed by atoms with Crippen molar-refractivity contribution >= 4 is 22.9 Å². The van der Waals surface area contributed by atoms with Crippen LogP contribution in [0.3, 0.4) is 0 Å². The fraction of sp³-hybridized carbons (Fsp3) is 0.526. The highest BCUT2D eigenvalue weighted by atomic mass is 16.4. The van der Waals surface area contributed by atoms with E-state index in [2.05, 4.69) is 0 Å². The summed E-state index contributed by atoms with van der Waals surface area (Å²) in [6, 6.07) is 7.51. The van der Waals surface area contributed by atoms with E-state index in [1.54, 1.807) is 14.0 Å². The molecule has 0 radical (unpaired) electrons. The Labute approximate surface area is 151 Å². The van der Waals surface area contributed by atoms with Gasteiger partial charge in [-0.3, -0.25) is 18.7 Å². The summed E-state index contributed by atoms with van der Waals surface area (Å²) in [6.07, 6.45) is 2.55. The number of nitrogens with zero attached hydrogens (tertiary/aromatic N) is 3. The van der Waals surface area contributed by atoms with Crippen molar-refractivity contribution in [1.82, 2.24) is 14.0 Å². The van der Waals surface area contributed by atoms with Gasteiger partial charge in [-0.15, -0.1) is 0 Å². The van der Waals surface area contributed by atoms with Gasteiger partial charge in [0.05, 0.1) is 11.0 Å². The normalized spacial score (nSPS) is 17.6. The van der Waals surface area contributed by atoms with Crippen LogP contribution in [0.25, 0.3) is 11.0 Å². The third-order valence-electron chi connectivity index (χ3n) is 5.17. The smallest absolute Gasteiger partial charge is 0.329 e. The first-order valence-electron chi connectivity index (χ1n) is 9.19. The van der Waals surface area contributed by atoms with E-state index in [0.29, 0.717) is 26.1 Å². The van der Waals surface area contributed by atoms with E-state index in [9.17, 15) is 14.4 Å². The lowest BCUT2D eigenvalue weighted by Crippen LogP contribution is -2.42. The second kappa shape index (κ2) is 7.76. The third kappa shape index (κ3) is 3.66. The lowest BCUT2D eigenvalue weighted by atomic mass is 9.93. The summed E-state index contributed by atoms with van der Waals surface area (Å²) in [6.45, 7) is 3.74. The Balaban J connectivity index is 1.76. The highest BCUT2D eigenvalue weighted by molar-refractivity contribution is 5.81. The van der Waals surface area contributed by atoms with Gasteiger partial charge in [-0.05, 0) is 44.2 Å². The Morgan fingerprint density at radius 1 is 1.19 bits per heavy atom. The average molecular weight is 359 g/mol. The molecule has 1 aliphatic rings. The second-order valence-electron chi connectivity index (χ2n) is 6.88. The summed E-state index contributed by atoms with van der Waals surface area (Å²) in [4.78, 5) is 38.0. The number of carbonyl (C=O) groups excluding carboxylic acids is 1. The summed E-state index contributed by atoms with van der Waals surface area (Å²) in [7, 11) is 0. The number of piperidine rings is 1. The lowest BCUT2D eigenvalue weighted by Gasteiger charge is -2.32. The molecule has 1 atom stereocenters. The third-order valence-corrected chi connectivity index (χ3v) is 5.17. The fourth-order valence-corrected chi connectivity index (χ4v) is 3.82. The summed E-state index contributed by atoms with van der Waals surface area (Å²) in [5.41, 5.74) is 1.44. The van der Waals surface area contributed by atoms with Gasteiger partial charge >= 0.3 is 11.7 Å². The van der Waals surface area contributed by atoms with Crippen LogP contribution < -0.4 is 5.69 Å². The molecule has 26 heavy (non-hydrogen) atoms. The Hall–Kier alpha value is -2.57. The van der Waals surface area contributed by atoms with Crippen LogP contribution in [0.1, 0.15) is 32.6 Å². The van der Waals surface area contributed by atoms with Crippen LogP contribution in [-0.4, -0.2) is 44.1 Å². The monoisotopic (exact) mass is 359 g/mol. The minimum atomic E-state index is -0.799. The molecule has 0 aliphatic carbocycles. The van der Waals surface area contributed by atoms with Gasteiger partial charge in [0.1, 0.15) is 6.54 Å². The molecule has 1 N–H and O–H groups in total. The molecule has 2 heterocycles. The number of rotatable bonds is 6. The van der Waals surface area contributed by atoms with Crippen molar-refractivity contribution in [1.29, 1.82) is 0 Å². The zero-order valence-corrected chi connectivity index (χ0v) is 15.1. The van der Waals surface area contributed by atoms with Gasteiger partial charge in [-0.1, -0.05) is 12.1 Å². The molecular formula is C19H25N3O4. The molecule has 0 bridgehead atoms. The minimum absolute atomic E-state index is 0.0258. The maximum absolute atomic E-state index is 12.8. The zero-order chi connectivity index (χ0) is 18.7. The Morgan fingerprint density at radius 3 is 2.54 bits per heavy atom. The molecule has 7 nitrogen and oxygen atoms in total. The standard InChI is InChI=1S/C19H25N3O4/c1-2-21-15-7-3-4-8-16(15)22(19(21)26)13-17(23)20-11-5-6-14(12-20)9-10-18(24)25/h3-4,7-8,14H,2,5-6,9-13H2,1H3,(H,24,25)/t14-/m1/s1. The number of carbonyl (C=O) groups is 2. The van der Waals surface area contributed by atoms with E-state index >= 15 is 0 Å². The molecule has 1 aromatic carbocycles. The summed E-state index contributed by atoms with van der Waals surface area (Å²) < 4.78 is 3.22. The minimum Gasteiger partial charge on any atom is -0.481 e. The number of imidazole rings is 1. The summed E-state index contributed by atoms with van der Waals surface area (Å²) in [5.74, 6) is -0.656. The van der Waals surface area contributed by atoms with Gasteiger partial charge in [0, 0.05) is 26.1 Å². The number of para-hydroxylation sites is 2. The molecule has 1 fully saturated rings. The molecule has 1 amide bonds. The SMILES string of the molecule is CCn1c(=O)n(CC(=O)N2CCC[C@H](CCC(=O)O)C2)c2ccccc21. The van der Waals surface area contributed by atoms with Crippen LogP contribution in [0, 0.1) is 5.92 Å². The van der Waals surface area contributed by atoms with Crippen molar-refractivity contribution in [2.24, 2.45) is 5.92 Å². The van der Waals surface area contributed by atoms with Crippen LogP contribution in [0.2, 0.25) is 0 Å². The van der Waals surface area contributed by atoms with Crippen LogP contribution in [0.5, 0.6) is 0 Å². The predicted molar refractivity (Wildman–Crippen MR) is 98.0 cm³/mol. The largest absolute Gasteiger partial charge is 0.481 e. The highest BCUT2D eigenvalue weighted by Gasteiger charge is 2.25. The molecule has 0 unspecified atom stereocenters. The molecule has 1 aliphatic heterocycles. The summed E-state index contributed by atoms with van der Waals surface area (Å²) >= 11 is 0. The number of aliphatic carboxylic acids is 1. The van der Waals surface area contributed by atoms with Crippen molar-refractivity contribution < 1.29 is 14.7 Å². The van der Waals surface area contributed by atoms with E-state index in [1.807, 2.05) is 31.2 Å². The number of likely N-dealkylation sites (tertiary alicyclic amines) is 1. The highest BCUT2D eigenvalue weighted by Crippen LogP contribution is 2.21. The van der Waals surface area contributed by atoms with Crippen molar-refractivity contribution in [3.8, 4) is 0 Å². The number of hydrogen-bond acceptors (Lipinski definition) is 3. The Morgan fingerprint density at radius 2 is 1.88 bits per heavy atom. The van der Waals surface area contributed by atoms with Crippen molar-refractivity contribution in [2.45, 2.75) is 45.7 Å². The number of fused-ring (bicyclic) bond motifs is 1. The number of benzene rings is 1. The van der Waals surface area contributed by atoms with Gasteiger partial charge in [-0.2, -0.15) is 0 Å². The van der Waals surface area contributed by atoms with Crippen LogP contribution in [0.4, 0.5) is 0 Å². The molecule has 2 aromatic rings. The lowest BCUT2D eigenvalue weighted by molar-refractivity contribution is -0.137. The molecule has 0 saturated carbocycles. The number of carboxylic acid groups (broad SMARTS) is 1. The summed E-state index contributed by atoms with van der Waals surface area (Å²) in [5, 5.41) is 8.85. The average Bonchev–Trinajstić information content (AvgIpc) is 2.91. The molecule has 3 rings (SSSR count). The number of amides is 1. The quantitative estimate of drug-likeness (QED) is 0.854. The van der Waals surface area contributed by atoms with Crippen LogP contribution in [0.15, 0.2) is 29.1 Å². The fourth-order valence-electron chi connectivity index (χ4n) is 3.82. The number of hydrogen-bond donors (Lipinski definition) is 1. The maximum atomic E-state index is 12.8. The van der Waals surface area contributed by atoms with E-state index < -0.39 is 5.97 Å². The van der Waals surface area contributed by atoms with Crippen molar-refractivity contribution in [2.75, 3.05) is 13.1 Å². The van der Waals surface area contributed by atoms with Gasteiger partial charge in [0.15, 0.2) is 0 Å². The molecule has 0 spiro atoms. The molecular weight excluding hydrogens is 334 g/mol. The van der Waals surface area contributed by atoms with E-state index in [0.717, 1.165) is 23.9 Å². The van der Waals surface area contributed by atoms with E-state index in [4.69, 9.17) is 5.11 Å². The van der Waals surface area contributed by atoms with Gasteiger partial charge in [0.2, 0.25) is 5.91 Å². The number of aromatic nitrogens is 2. The molecule has 7 heteroatoms. The van der Waals surface area contributed by atoms with Gasteiger partial charge in [-0.25, -0.2) is 4.79 Å². The first-order valence-corrected chi connectivity index (χ1v) is 9.19. The van der Waals surface area contributed by atoms with Crippen molar-refractivity contribution in [3.63, 3.8) is 0 Å². The predicted octanol–water partition coefficient (Wildman–Crippen LogP) is 1.93. The topological polar surface area (TPSA) is 84.5 Å². The van der Waals surface area contributed by atoms with E-state index in [-0.39, 0.29) is 30.5 Å². The van der Waals surface area contributed by atoms with Crippen molar-refractivity contribution in [3.05, 3.63) is 34.7 Å². The van der Waals surface area contributed by atoms with Crippen LogP contribution >= 0.6 is 0 Å². The Kier molecular flexibility index (Phi) is 5.44. The molecule has 1 aromatic heterocycles. The molecule has 1 saturated heterocycles. The number of aryl methyl sites for hydroxylation is 1. The first-order chi connectivity index (χ1) is 12.5. The van der Waals surface area contributed by atoms with Gasteiger partial charge in [0.25, 0.3) is 0 Å². The van der Waals surface area contributed by atoms with Gasteiger partial charge < -0.3 is 10.0 Å². The zero-order valence-electron chi connectivity index (χ0n) is 15.1. The van der Waals surface area contributed by atoms with Crippen LogP contribution in [-0.2, 0) is 22.7 Å². The maximum Gasteiger partial charge on any atom is 0.329 e.